The van der Waals surface area contributed by atoms with Gasteiger partial charge in [-0.15, -0.1) is 0 Å². The Kier molecular flexibility index (Phi) is 3.86. The molecule has 9 heteroatoms. The molecule has 0 saturated carbocycles. The molecule has 0 N–H and O–H groups in total. The van der Waals surface area contributed by atoms with Gasteiger partial charge >= 0.3 is 18.3 Å². The van der Waals surface area contributed by atoms with Crippen molar-refractivity contribution in [1.29, 1.82) is 0 Å². The molecular weight excluding hydrogens is 300 g/mol. The third kappa shape index (κ3) is 3.67. The zero-order chi connectivity index (χ0) is 15.9. The van der Waals surface area contributed by atoms with Crippen LogP contribution in [-0.4, -0.2) is 11.7 Å². The molecule has 0 aromatic heterocycles. The van der Waals surface area contributed by atoms with Gasteiger partial charge in [-0.3, -0.25) is 4.79 Å². The number of hydrogen-bond donors (Lipinski definition) is 0. The highest BCUT2D eigenvalue weighted by Crippen LogP contribution is 2.37. The zero-order valence-electron chi connectivity index (χ0n) is 9.66. The van der Waals surface area contributed by atoms with Gasteiger partial charge in [0.2, 0.25) is 5.78 Å². The van der Waals surface area contributed by atoms with Gasteiger partial charge in [-0.05, 0) is 18.2 Å². The molecular formula is C11H6F8O. The van der Waals surface area contributed by atoms with Crippen molar-refractivity contribution in [2.75, 3.05) is 0 Å². The van der Waals surface area contributed by atoms with E-state index in [2.05, 4.69) is 0 Å². The van der Waals surface area contributed by atoms with Crippen LogP contribution in [0.15, 0.2) is 18.2 Å². The number of halogens is 8. The Hall–Kier alpha value is -1.67. The number of carbonyl (C=O) groups excluding carboxylic acids is 1. The lowest BCUT2D eigenvalue weighted by molar-refractivity contribution is -0.143. The summed E-state index contributed by atoms with van der Waals surface area (Å²) in [5, 5.41) is 0. The predicted octanol–water partition coefficient (Wildman–Crippen LogP) is 4.56. The number of ketones is 1. The van der Waals surface area contributed by atoms with Crippen LogP contribution >= 0.6 is 0 Å². The average Bonchev–Trinajstić information content (AvgIpc) is 2.23. The molecule has 0 unspecified atom stereocenters. The van der Waals surface area contributed by atoms with E-state index in [9.17, 15) is 39.9 Å². The van der Waals surface area contributed by atoms with Crippen molar-refractivity contribution in [2.24, 2.45) is 0 Å². The minimum absolute atomic E-state index is 0.0328. The van der Waals surface area contributed by atoms with Gasteiger partial charge < -0.3 is 0 Å². The summed E-state index contributed by atoms with van der Waals surface area (Å²) in [6.45, 7) is 0.0862. The van der Waals surface area contributed by atoms with Gasteiger partial charge in [0, 0.05) is 12.5 Å². The Bertz CT molecular complexity index is 488. The maximum atomic E-state index is 12.7. The van der Waals surface area contributed by atoms with E-state index in [1.54, 1.807) is 0 Å². The standard InChI is InChI=1S/C11H6F8O/c1-9(12,13)8(20)5-2-6(10(14,15)16)4-7(3-5)11(17,18)19/h2-4H,1H3. The van der Waals surface area contributed by atoms with Crippen LogP contribution in [0.4, 0.5) is 35.1 Å². The lowest BCUT2D eigenvalue weighted by atomic mass is 9.99. The molecule has 0 aliphatic rings. The van der Waals surface area contributed by atoms with Crippen LogP contribution in [0, 0.1) is 0 Å². The lowest BCUT2D eigenvalue weighted by Crippen LogP contribution is -2.25. The van der Waals surface area contributed by atoms with Crippen molar-refractivity contribution in [3.05, 3.63) is 34.9 Å². The summed E-state index contributed by atoms with van der Waals surface area (Å²) in [7, 11) is 0. The molecule has 0 saturated heterocycles. The molecule has 0 bridgehead atoms. The highest BCUT2D eigenvalue weighted by atomic mass is 19.4. The number of carbonyl (C=O) groups is 1. The van der Waals surface area contributed by atoms with E-state index < -0.39 is 40.7 Å². The number of rotatable bonds is 2. The maximum Gasteiger partial charge on any atom is 0.416 e. The third-order valence-electron chi connectivity index (χ3n) is 2.25. The molecule has 0 atom stereocenters. The van der Waals surface area contributed by atoms with Crippen molar-refractivity contribution in [2.45, 2.75) is 25.2 Å². The van der Waals surface area contributed by atoms with Crippen molar-refractivity contribution < 1.29 is 39.9 Å². The second-order valence-corrected chi connectivity index (χ2v) is 4.01. The van der Waals surface area contributed by atoms with E-state index >= 15 is 0 Å². The van der Waals surface area contributed by atoms with E-state index in [1.807, 2.05) is 0 Å². The minimum Gasteiger partial charge on any atom is -0.287 e. The Morgan fingerprint density at radius 3 is 1.40 bits per heavy atom. The smallest absolute Gasteiger partial charge is 0.287 e. The molecule has 1 aromatic rings. The Labute approximate surface area is 107 Å². The molecule has 0 aliphatic carbocycles. The number of benzene rings is 1. The fourth-order valence-corrected chi connectivity index (χ4v) is 1.34. The highest BCUT2D eigenvalue weighted by Gasteiger charge is 2.40. The monoisotopic (exact) mass is 306 g/mol. The third-order valence-corrected chi connectivity index (χ3v) is 2.25. The molecule has 0 radical (unpaired) electrons. The summed E-state index contributed by atoms with van der Waals surface area (Å²) in [5.74, 6) is -6.19. The van der Waals surface area contributed by atoms with E-state index in [4.69, 9.17) is 0 Å². The Balaban J connectivity index is 3.51. The van der Waals surface area contributed by atoms with Gasteiger partial charge in [0.15, 0.2) is 0 Å². The van der Waals surface area contributed by atoms with Crippen molar-refractivity contribution in [3.63, 3.8) is 0 Å². The Morgan fingerprint density at radius 2 is 1.15 bits per heavy atom. The van der Waals surface area contributed by atoms with Gasteiger partial charge in [0.1, 0.15) is 0 Å². The predicted molar refractivity (Wildman–Crippen MR) is 51.4 cm³/mol. The average molecular weight is 306 g/mol. The molecule has 0 spiro atoms. The SMILES string of the molecule is CC(F)(F)C(=O)c1cc(C(F)(F)F)cc(C(F)(F)F)c1. The van der Waals surface area contributed by atoms with Crippen LogP contribution < -0.4 is 0 Å². The van der Waals surface area contributed by atoms with Gasteiger partial charge in [-0.1, -0.05) is 0 Å². The molecule has 1 aromatic carbocycles. The number of alkyl halides is 8. The largest absolute Gasteiger partial charge is 0.416 e. The molecule has 1 nitrogen and oxygen atoms in total. The molecule has 1 rings (SSSR count). The van der Waals surface area contributed by atoms with Crippen LogP contribution in [0.5, 0.6) is 0 Å². The summed E-state index contributed by atoms with van der Waals surface area (Å²) in [5.41, 5.74) is -4.99. The lowest BCUT2D eigenvalue weighted by Gasteiger charge is -2.15. The van der Waals surface area contributed by atoms with Crippen LogP contribution in [0.3, 0.4) is 0 Å². The van der Waals surface area contributed by atoms with Gasteiger partial charge in [0.25, 0.3) is 0 Å². The molecule has 0 amide bonds. The summed E-state index contributed by atoms with van der Waals surface area (Å²) in [6.07, 6.45) is -10.4. The highest BCUT2D eigenvalue weighted by molar-refractivity contribution is 6.01. The fourth-order valence-electron chi connectivity index (χ4n) is 1.34. The molecule has 20 heavy (non-hydrogen) atoms. The molecule has 0 aliphatic heterocycles. The topological polar surface area (TPSA) is 17.1 Å². The van der Waals surface area contributed by atoms with E-state index in [0.29, 0.717) is 0 Å². The number of hydrogen-bond acceptors (Lipinski definition) is 1. The first-order chi connectivity index (χ1) is 8.73. The summed E-state index contributed by atoms with van der Waals surface area (Å²) < 4.78 is 100. The van der Waals surface area contributed by atoms with Crippen LogP contribution in [0.1, 0.15) is 28.4 Å². The number of Topliss-reactive ketones (excluding diaryl/α,β-unsaturated/α-hetero) is 1. The van der Waals surface area contributed by atoms with Crippen molar-refractivity contribution in [1.82, 2.24) is 0 Å². The quantitative estimate of drug-likeness (QED) is 0.578. The Morgan fingerprint density at radius 1 is 0.800 bits per heavy atom. The molecule has 0 heterocycles. The first-order valence-electron chi connectivity index (χ1n) is 4.95. The van der Waals surface area contributed by atoms with Gasteiger partial charge in [-0.2, -0.15) is 35.1 Å². The van der Waals surface area contributed by atoms with Crippen molar-refractivity contribution >= 4 is 5.78 Å². The van der Waals surface area contributed by atoms with Gasteiger partial charge in [0.05, 0.1) is 11.1 Å². The summed E-state index contributed by atoms with van der Waals surface area (Å²) >= 11 is 0. The first-order valence-corrected chi connectivity index (χ1v) is 4.95. The van der Waals surface area contributed by atoms with Crippen LogP contribution in [0.25, 0.3) is 0 Å². The van der Waals surface area contributed by atoms with E-state index in [1.165, 1.54) is 0 Å². The first kappa shape index (κ1) is 16.4. The van der Waals surface area contributed by atoms with Gasteiger partial charge in [-0.25, -0.2) is 0 Å². The second kappa shape index (κ2) is 4.71. The van der Waals surface area contributed by atoms with Crippen LogP contribution in [0.2, 0.25) is 0 Å². The van der Waals surface area contributed by atoms with Crippen molar-refractivity contribution in [3.8, 4) is 0 Å². The summed E-state index contributed by atoms with van der Waals surface area (Å²) in [6, 6.07) is -0.311. The van der Waals surface area contributed by atoms with Crippen LogP contribution in [-0.2, 0) is 12.4 Å². The van der Waals surface area contributed by atoms with E-state index in [-0.39, 0.29) is 25.1 Å². The minimum atomic E-state index is -5.20. The second-order valence-electron chi connectivity index (χ2n) is 4.01. The molecule has 112 valence electrons. The summed E-state index contributed by atoms with van der Waals surface area (Å²) in [4.78, 5) is 11.1. The van der Waals surface area contributed by atoms with E-state index in [0.717, 1.165) is 0 Å². The normalized spacial score (nSPS) is 13.4. The maximum absolute atomic E-state index is 12.7. The fraction of sp³-hybridized carbons (Fsp3) is 0.364. The zero-order valence-corrected chi connectivity index (χ0v) is 9.66. The molecule has 0 fully saturated rings.